The first kappa shape index (κ1) is 14.0. The maximum Gasteiger partial charge on any atom is 0.226 e. The third-order valence-electron chi connectivity index (χ3n) is 3.68. The number of hydrogen-bond donors (Lipinski definition) is 1. The van der Waals surface area contributed by atoms with E-state index in [4.69, 9.17) is 0 Å². The lowest BCUT2D eigenvalue weighted by Crippen LogP contribution is -2.50. The number of carbonyl (C=O) groups is 1. The SMILES string of the molecule is CC(C)(CCBr)NC(=O)C1(C)CCCCC1. The van der Waals surface area contributed by atoms with Crippen LogP contribution < -0.4 is 5.32 Å². The van der Waals surface area contributed by atoms with Crippen molar-refractivity contribution in [2.75, 3.05) is 5.33 Å². The van der Waals surface area contributed by atoms with Crippen LogP contribution in [0.4, 0.5) is 0 Å². The fraction of sp³-hybridized carbons (Fsp3) is 0.923. The summed E-state index contributed by atoms with van der Waals surface area (Å²) < 4.78 is 0. The summed E-state index contributed by atoms with van der Waals surface area (Å²) in [6, 6.07) is 0. The van der Waals surface area contributed by atoms with E-state index in [0.29, 0.717) is 0 Å². The van der Waals surface area contributed by atoms with Gasteiger partial charge in [-0.05, 0) is 33.1 Å². The Kier molecular flexibility index (Phi) is 4.84. The molecule has 2 nitrogen and oxygen atoms in total. The lowest BCUT2D eigenvalue weighted by atomic mass is 9.74. The van der Waals surface area contributed by atoms with Gasteiger partial charge in [-0.1, -0.05) is 42.1 Å². The Balaban J connectivity index is 2.56. The van der Waals surface area contributed by atoms with Gasteiger partial charge in [0.15, 0.2) is 0 Å². The lowest BCUT2D eigenvalue weighted by molar-refractivity contribution is -0.133. The van der Waals surface area contributed by atoms with Crippen LogP contribution in [-0.4, -0.2) is 16.8 Å². The van der Waals surface area contributed by atoms with Crippen LogP contribution >= 0.6 is 15.9 Å². The molecular weight excluding hydrogens is 266 g/mol. The predicted molar refractivity (Wildman–Crippen MR) is 71.8 cm³/mol. The molecule has 0 aliphatic heterocycles. The van der Waals surface area contributed by atoms with E-state index < -0.39 is 0 Å². The van der Waals surface area contributed by atoms with Gasteiger partial charge in [-0.2, -0.15) is 0 Å². The van der Waals surface area contributed by atoms with Crippen molar-refractivity contribution in [2.45, 2.75) is 64.8 Å². The van der Waals surface area contributed by atoms with Crippen molar-refractivity contribution in [2.24, 2.45) is 5.41 Å². The topological polar surface area (TPSA) is 29.1 Å². The summed E-state index contributed by atoms with van der Waals surface area (Å²) in [7, 11) is 0. The van der Waals surface area contributed by atoms with Gasteiger partial charge in [-0.15, -0.1) is 0 Å². The first-order valence-electron chi connectivity index (χ1n) is 6.28. The van der Waals surface area contributed by atoms with Gasteiger partial charge in [-0.3, -0.25) is 4.79 Å². The highest BCUT2D eigenvalue weighted by Gasteiger charge is 2.36. The monoisotopic (exact) mass is 289 g/mol. The van der Waals surface area contributed by atoms with Crippen LogP contribution in [-0.2, 0) is 4.79 Å². The van der Waals surface area contributed by atoms with E-state index in [1.165, 1.54) is 19.3 Å². The van der Waals surface area contributed by atoms with Crippen molar-refractivity contribution < 1.29 is 4.79 Å². The predicted octanol–water partition coefficient (Wildman–Crippen LogP) is 3.64. The molecule has 1 fully saturated rings. The van der Waals surface area contributed by atoms with Crippen molar-refractivity contribution >= 4 is 21.8 Å². The number of hydrogen-bond acceptors (Lipinski definition) is 1. The Hall–Kier alpha value is -0.0500. The van der Waals surface area contributed by atoms with Gasteiger partial charge < -0.3 is 5.32 Å². The Bertz CT molecular complexity index is 244. The van der Waals surface area contributed by atoms with Gasteiger partial charge in [0.1, 0.15) is 0 Å². The van der Waals surface area contributed by atoms with Crippen molar-refractivity contribution in [1.82, 2.24) is 5.32 Å². The summed E-state index contributed by atoms with van der Waals surface area (Å²) in [6.07, 6.45) is 6.74. The molecule has 1 rings (SSSR count). The Morgan fingerprint density at radius 3 is 2.38 bits per heavy atom. The minimum Gasteiger partial charge on any atom is -0.351 e. The average molecular weight is 290 g/mol. The summed E-state index contributed by atoms with van der Waals surface area (Å²) in [6.45, 7) is 6.31. The largest absolute Gasteiger partial charge is 0.351 e. The van der Waals surface area contributed by atoms with Gasteiger partial charge in [0.05, 0.1) is 0 Å². The van der Waals surface area contributed by atoms with Gasteiger partial charge in [0.2, 0.25) is 5.91 Å². The molecule has 1 aliphatic rings. The molecule has 0 radical (unpaired) electrons. The molecule has 0 heterocycles. The number of halogens is 1. The first-order valence-corrected chi connectivity index (χ1v) is 7.40. The third-order valence-corrected chi connectivity index (χ3v) is 4.07. The standard InChI is InChI=1S/C13H24BrNO/c1-12(2,9-10-14)15-11(16)13(3)7-5-4-6-8-13/h4-10H2,1-3H3,(H,15,16). The minimum atomic E-state index is -0.123. The smallest absolute Gasteiger partial charge is 0.226 e. The molecule has 0 saturated heterocycles. The zero-order valence-electron chi connectivity index (χ0n) is 10.7. The van der Waals surface area contributed by atoms with Crippen molar-refractivity contribution in [3.63, 3.8) is 0 Å². The molecule has 94 valence electrons. The summed E-state index contributed by atoms with van der Waals surface area (Å²) in [5, 5.41) is 4.13. The minimum absolute atomic E-state index is 0.0962. The summed E-state index contributed by atoms with van der Waals surface area (Å²) >= 11 is 3.43. The van der Waals surface area contributed by atoms with Crippen molar-refractivity contribution in [1.29, 1.82) is 0 Å². The van der Waals surface area contributed by atoms with E-state index in [2.05, 4.69) is 42.0 Å². The van der Waals surface area contributed by atoms with E-state index >= 15 is 0 Å². The average Bonchev–Trinajstić information content (AvgIpc) is 2.17. The first-order chi connectivity index (χ1) is 7.40. The molecule has 0 spiro atoms. The number of amides is 1. The quantitative estimate of drug-likeness (QED) is 0.787. The molecule has 16 heavy (non-hydrogen) atoms. The molecular formula is C13H24BrNO. The van der Waals surface area contributed by atoms with E-state index in [0.717, 1.165) is 24.6 Å². The van der Waals surface area contributed by atoms with Crippen molar-refractivity contribution in [3.8, 4) is 0 Å². The van der Waals surface area contributed by atoms with E-state index in [-0.39, 0.29) is 16.9 Å². The van der Waals surface area contributed by atoms with E-state index in [1.807, 2.05) is 0 Å². The maximum absolute atomic E-state index is 12.3. The zero-order chi connectivity index (χ0) is 12.2. The Morgan fingerprint density at radius 1 is 1.31 bits per heavy atom. The lowest BCUT2D eigenvalue weighted by Gasteiger charge is -2.36. The zero-order valence-corrected chi connectivity index (χ0v) is 12.3. The van der Waals surface area contributed by atoms with Gasteiger partial charge >= 0.3 is 0 Å². The number of rotatable bonds is 4. The molecule has 1 amide bonds. The highest BCUT2D eigenvalue weighted by atomic mass is 79.9. The van der Waals surface area contributed by atoms with Crippen LogP contribution in [0.25, 0.3) is 0 Å². The van der Waals surface area contributed by atoms with Gasteiger partial charge in [0.25, 0.3) is 0 Å². The van der Waals surface area contributed by atoms with Crippen LogP contribution in [0.15, 0.2) is 0 Å². The second-order valence-corrected chi connectivity index (χ2v) is 6.69. The molecule has 0 unspecified atom stereocenters. The molecule has 0 bridgehead atoms. The third kappa shape index (κ3) is 3.76. The Labute approximate surface area is 108 Å². The second-order valence-electron chi connectivity index (χ2n) is 5.90. The number of alkyl halides is 1. The second kappa shape index (κ2) is 5.52. The van der Waals surface area contributed by atoms with Crippen LogP contribution in [0.5, 0.6) is 0 Å². The van der Waals surface area contributed by atoms with Crippen LogP contribution in [0, 0.1) is 5.41 Å². The Morgan fingerprint density at radius 2 is 1.88 bits per heavy atom. The fourth-order valence-electron chi connectivity index (χ4n) is 2.32. The van der Waals surface area contributed by atoms with Gasteiger partial charge in [0, 0.05) is 16.3 Å². The van der Waals surface area contributed by atoms with E-state index in [9.17, 15) is 4.79 Å². The molecule has 0 aromatic carbocycles. The summed E-state index contributed by atoms with van der Waals surface area (Å²) in [5.41, 5.74) is -0.219. The molecule has 0 aromatic heterocycles. The van der Waals surface area contributed by atoms with Gasteiger partial charge in [-0.25, -0.2) is 0 Å². The van der Waals surface area contributed by atoms with Crippen LogP contribution in [0.1, 0.15) is 59.3 Å². The fourth-order valence-corrected chi connectivity index (χ4v) is 3.31. The normalized spacial score (nSPS) is 20.5. The van der Waals surface area contributed by atoms with E-state index in [1.54, 1.807) is 0 Å². The summed E-state index contributed by atoms with van der Waals surface area (Å²) in [5.74, 6) is 0.248. The molecule has 0 atom stereocenters. The number of nitrogens with one attached hydrogen (secondary N) is 1. The molecule has 3 heteroatoms. The highest BCUT2D eigenvalue weighted by molar-refractivity contribution is 9.09. The van der Waals surface area contributed by atoms with Crippen LogP contribution in [0.3, 0.4) is 0 Å². The van der Waals surface area contributed by atoms with Crippen LogP contribution in [0.2, 0.25) is 0 Å². The summed E-state index contributed by atoms with van der Waals surface area (Å²) in [4.78, 5) is 12.3. The van der Waals surface area contributed by atoms with Crippen molar-refractivity contribution in [3.05, 3.63) is 0 Å². The highest BCUT2D eigenvalue weighted by Crippen LogP contribution is 2.36. The molecule has 1 aliphatic carbocycles. The maximum atomic E-state index is 12.3. The number of carbonyl (C=O) groups excluding carboxylic acids is 1. The molecule has 1 saturated carbocycles. The molecule has 0 aromatic rings. The molecule has 1 N–H and O–H groups in total.